The number of aryl methyl sites for hydroxylation is 1. The molecule has 25 heavy (non-hydrogen) atoms. The highest BCUT2D eigenvalue weighted by atomic mass is 16.5. The van der Waals surface area contributed by atoms with Crippen molar-refractivity contribution in [3.05, 3.63) is 47.8 Å². The van der Waals surface area contributed by atoms with Crippen LogP contribution in [0.5, 0.6) is 0 Å². The molecule has 8 heteroatoms. The third kappa shape index (κ3) is 3.15. The zero-order valence-corrected chi connectivity index (χ0v) is 13.8. The number of rotatable bonds is 4. The summed E-state index contributed by atoms with van der Waals surface area (Å²) < 4.78 is 10.5. The van der Waals surface area contributed by atoms with Crippen molar-refractivity contribution >= 4 is 5.91 Å². The van der Waals surface area contributed by atoms with Gasteiger partial charge in [-0.1, -0.05) is 16.4 Å². The zero-order valence-electron chi connectivity index (χ0n) is 13.8. The molecule has 128 valence electrons. The van der Waals surface area contributed by atoms with Crippen molar-refractivity contribution in [2.45, 2.75) is 32.2 Å². The van der Waals surface area contributed by atoms with Crippen molar-refractivity contribution in [1.82, 2.24) is 25.2 Å². The van der Waals surface area contributed by atoms with E-state index in [-0.39, 0.29) is 18.4 Å². The van der Waals surface area contributed by atoms with E-state index < -0.39 is 0 Å². The highest BCUT2D eigenvalue weighted by Crippen LogP contribution is 2.32. The van der Waals surface area contributed by atoms with Crippen LogP contribution >= 0.6 is 0 Å². The van der Waals surface area contributed by atoms with Gasteiger partial charge in [0.05, 0.1) is 12.1 Å². The third-order valence-electron chi connectivity index (χ3n) is 4.20. The second kappa shape index (κ2) is 6.46. The molecule has 0 N–H and O–H groups in total. The molecule has 1 aliphatic rings. The standard InChI is InChI=1S/C17H17N5O3/c1-11-9-12(24-20-11)10-15(23)22-8-4-6-14(22)17-19-16(21-25-17)13-5-2-3-7-18-13/h2-3,5,7,9,14H,4,6,8,10H2,1H3/t14-/m1/s1. The van der Waals surface area contributed by atoms with Crippen molar-refractivity contribution in [3.63, 3.8) is 0 Å². The van der Waals surface area contributed by atoms with Gasteiger partial charge in [-0.15, -0.1) is 0 Å². The maximum absolute atomic E-state index is 12.6. The Morgan fingerprint density at radius 3 is 3.00 bits per heavy atom. The minimum absolute atomic E-state index is 0.0313. The molecular weight excluding hydrogens is 322 g/mol. The summed E-state index contributed by atoms with van der Waals surface area (Å²) in [6.45, 7) is 2.49. The molecule has 1 atom stereocenters. The first-order chi connectivity index (χ1) is 12.2. The maximum atomic E-state index is 12.6. The van der Waals surface area contributed by atoms with Crippen molar-refractivity contribution < 1.29 is 13.8 Å². The molecule has 0 aliphatic carbocycles. The van der Waals surface area contributed by atoms with E-state index in [0.29, 0.717) is 29.7 Å². The second-order valence-electron chi connectivity index (χ2n) is 6.03. The van der Waals surface area contributed by atoms with Gasteiger partial charge in [-0.05, 0) is 31.9 Å². The van der Waals surface area contributed by atoms with Crippen molar-refractivity contribution in [1.29, 1.82) is 0 Å². The fourth-order valence-electron chi connectivity index (χ4n) is 3.04. The summed E-state index contributed by atoms with van der Waals surface area (Å²) in [4.78, 5) is 23.0. The monoisotopic (exact) mass is 339 g/mol. The molecule has 1 saturated heterocycles. The predicted molar refractivity (Wildman–Crippen MR) is 86.2 cm³/mol. The fourth-order valence-corrected chi connectivity index (χ4v) is 3.04. The summed E-state index contributed by atoms with van der Waals surface area (Å²) in [5.41, 5.74) is 1.41. The summed E-state index contributed by atoms with van der Waals surface area (Å²) in [6.07, 6.45) is 3.55. The zero-order chi connectivity index (χ0) is 17.2. The van der Waals surface area contributed by atoms with Crippen LogP contribution < -0.4 is 0 Å². The summed E-state index contributed by atoms with van der Waals surface area (Å²) in [7, 11) is 0. The largest absolute Gasteiger partial charge is 0.361 e. The number of hydrogen-bond donors (Lipinski definition) is 0. The van der Waals surface area contributed by atoms with E-state index in [1.165, 1.54) is 0 Å². The Balaban J connectivity index is 1.51. The molecule has 3 aromatic rings. The molecular formula is C17H17N5O3. The van der Waals surface area contributed by atoms with Crippen LogP contribution in [0.4, 0.5) is 0 Å². The highest BCUT2D eigenvalue weighted by Gasteiger charge is 2.34. The molecule has 0 unspecified atom stereocenters. The van der Waals surface area contributed by atoms with E-state index >= 15 is 0 Å². The molecule has 0 radical (unpaired) electrons. The smallest absolute Gasteiger partial charge is 0.249 e. The van der Waals surface area contributed by atoms with Crippen LogP contribution in [-0.2, 0) is 11.2 Å². The summed E-state index contributed by atoms with van der Waals surface area (Å²) in [6, 6.07) is 7.07. The number of carbonyl (C=O) groups is 1. The van der Waals surface area contributed by atoms with Gasteiger partial charge in [0, 0.05) is 18.8 Å². The molecule has 1 amide bonds. The second-order valence-corrected chi connectivity index (χ2v) is 6.03. The minimum atomic E-state index is -0.207. The number of pyridine rings is 1. The van der Waals surface area contributed by atoms with Gasteiger partial charge in [0.1, 0.15) is 17.5 Å². The highest BCUT2D eigenvalue weighted by molar-refractivity contribution is 5.78. The Morgan fingerprint density at radius 1 is 1.32 bits per heavy atom. The molecule has 3 aromatic heterocycles. The quantitative estimate of drug-likeness (QED) is 0.719. The van der Waals surface area contributed by atoms with Crippen LogP contribution in [0.2, 0.25) is 0 Å². The topological polar surface area (TPSA) is 98.2 Å². The number of aromatic nitrogens is 4. The van der Waals surface area contributed by atoms with E-state index in [0.717, 1.165) is 18.5 Å². The van der Waals surface area contributed by atoms with Gasteiger partial charge in [0.15, 0.2) is 0 Å². The van der Waals surface area contributed by atoms with Crippen LogP contribution in [0, 0.1) is 6.92 Å². The first-order valence-electron chi connectivity index (χ1n) is 8.17. The molecule has 4 heterocycles. The molecule has 0 bridgehead atoms. The molecule has 0 saturated carbocycles. The molecule has 0 spiro atoms. The minimum Gasteiger partial charge on any atom is -0.361 e. The van der Waals surface area contributed by atoms with Gasteiger partial charge in [-0.3, -0.25) is 9.78 Å². The number of nitrogens with zero attached hydrogens (tertiary/aromatic N) is 5. The average molecular weight is 339 g/mol. The lowest BCUT2D eigenvalue weighted by Gasteiger charge is -2.21. The third-order valence-corrected chi connectivity index (χ3v) is 4.20. The van der Waals surface area contributed by atoms with E-state index in [9.17, 15) is 4.79 Å². The van der Waals surface area contributed by atoms with Gasteiger partial charge in [0.25, 0.3) is 0 Å². The summed E-state index contributed by atoms with van der Waals surface area (Å²) >= 11 is 0. The fraction of sp³-hybridized carbons (Fsp3) is 0.353. The van der Waals surface area contributed by atoms with Crippen LogP contribution in [0.3, 0.4) is 0 Å². The van der Waals surface area contributed by atoms with E-state index in [2.05, 4.69) is 20.3 Å². The Labute approximate surface area is 143 Å². The lowest BCUT2D eigenvalue weighted by atomic mass is 10.2. The van der Waals surface area contributed by atoms with E-state index in [1.807, 2.05) is 25.1 Å². The normalized spacial score (nSPS) is 17.2. The van der Waals surface area contributed by atoms with E-state index in [1.54, 1.807) is 17.2 Å². The van der Waals surface area contributed by atoms with Gasteiger partial charge >= 0.3 is 0 Å². The van der Waals surface area contributed by atoms with Crippen molar-refractivity contribution in [2.75, 3.05) is 6.54 Å². The molecule has 1 fully saturated rings. The summed E-state index contributed by atoms with van der Waals surface area (Å²) in [5, 5.41) is 7.81. The van der Waals surface area contributed by atoms with E-state index in [4.69, 9.17) is 9.05 Å². The van der Waals surface area contributed by atoms with Crippen LogP contribution in [0.1, 0.15) is 36.2 Å². The Morgan fingerprint density at radius 2 is 2.24 bits per heavy atom. The molecule has 4 rings (SSSR count). The Kier molecular flexibility index (Phi) is 4.01. The first kappa shape index (κ1) is 15.5. The Bertz CT molecular complexity index is 873. The van der Waals surface area contributed by atoms with Crippen LogP contribution in [-0.4, -0.2) is 37.6 Å². The van der Waals surface area contributed by atoms with Crippen molar-refractivity contribution in [3.8, 4) is 11.5 Å². The SMILES string of the molecule is Cc1cc(CC(=O)N2CCC[C@@H]2c2nc(-c3ccccn3)no2)on1. The predicted octanol–water partition coefficient (Wildman–Crippen LogP) is 2.33. The number of likely N-dealkylation sites (tertiary alicyclic amines) is 1. The van der Waals surface area contributed by atoms with Gasteiger partial charge in [-0.2, -0.15) is 4.98 Å². The van der Waals surface area contributed by atoms with Gasteiger partial charge in [0.2, 0.25) is 17.6 Å². The number of hydrogen-bond acceptors (Lipinski definition) is 7. The molecule has 1 aliphatic heterocycles. The van der Waals surface area contributed by atoms with Crippen molar-refractivity contribution in [2.24, 2.45) is 0 Å². The lowest BCUT2D eigenvalue weighted by Crippen LogP contribution is -2.31. The maximum Gasteiger partial charge on any atom is 0.249 e. The number of amides is 1. The number of carbonyl (C=O) groups excluding carboxylic acids is 1. The summed E-state index contributed by atoms with van der Waals surface area (Å²) in [5.74, 6) is 1.41. The Hall–Kier alpha value is -3.03. The van der Waals surface area contributed by atoms with Crippen LogP contribution in [0.25, 0.3) is 11.5 Å². The van der Waals surface area contributed by atoms with Gasteiger partial charge < -0.3 is 13.9 Å². The van der Waals surface area contributed by atoms with Crippen LogP contribution in [0.15, 0.2) is 39.5 Å². The molecule has 8 nitrogen and oxygen atoms in total. The van der Waals surface area contributed by atoms with Gasteiger partial charge in [-0.25, -0.2) is 0 Å². The lowest BCUT2D eigenvalue weighted by molar-refractivity contribution is -0.132. The molecule has 0 aromatic carbocycles. The average Bonchev–Trinajstić information content (AvgIpc) is 3.35. The first-order valence-corrected chi connectivity index (χ1v) is 8.17.